The van der Waals surface area contributed by atoms with Crippen molar-refractivity contribution in [3.05, 3.63) is 106 Å². The lowest BCUT2D eigenvalue weighted by Crippen LogP contribution is -2.32. The summed E-state index contributed by atoms with van der Waals surface area (Å²) in [6.45, 7) is 4.14. The summed E-state index contributed by atoms with van der Waals surface area (Å²) in [7, 11) is 0. The minimum Gasteiger partial charge on any atom is -0.508 e. The number of aryl methyl sites for hydroxylation is 2. The van der Waals surface area contributed by atoms with Gasteiger partial charge in [-0.05, 0) is 47.9 Å². The topological polar surface area (TPSA) is 52.5 Å². The highest BCUT2D eigenvalue weighted by Gasteiger charge is 2.34. The molecule has 29 heavy (non-hydrogen) atoms. The zero-order valence-electron chi connectivity index (χ0n) is 16.5. The second-order valence-corrected chi connectivity index (χ2v) is 7.95. The molecule has 0 aromatic heterocycles. The van der Waals surface area contributed by atoms with E-state index >= 15 is 0 Å². The second-order valence-electron chi connectivity index (χ2n) is 7.95. The first-order chi connectivity index (χ1) is 14.0. The predicted octanol–water partition coefficient (Wildman–Crippen LogP) is 5.65. The average Bonchev–Trinajstić information content (AvgIpc) is 2.73. The highest BCUT2D eigenvalue weighted by atomic mass is 16.3. The first-order valence-corrected chi connectivity index (χ1v) is 9.89. The quantitative estimate of drug-likeness (QED) is 0.420. The zero-order chi connectivity index (χ0) is 20.1. The Balaban J connectivity index is 1.82. The molecule has 5 rings (SSSR count). The summed E-state index contributed by atoms with van der Waals surface area (Å²) in [6, 6.07) is 23.7. The summed E-state index contributed by atoms with van der Waals surface area (Å²) in [6.07, 6.45) is 0. The number of nitrogens with one attached hydrogen (secondary N) is 1. The molecule has 1 aliphatic heterocycles. The highest BCUT2D eigenvalue weighted by Crippen LogP contribution is 2.48. The van der Waals surface area contributed by atoms with Gasteiger partial charge in [0.05, 0.1) is 12.1 Å². The molecular formula is C26H23NO2. The molecule has 0 aliphatic carbocycles. The third-order valence-electron chi connectivity index (χ3n) is 5.95. The van der Waals surface area contributed by atoms with E-state index in [1.807, 2.05) is 12.1 Å². The number of phenols is 2. The van der Waals surface area contributed by atoms with E-state index in [1.54, 1.807) is 12.1 Å². The van der Waals surface area contributed by atoms with Gasteiger partial charge in [0.1, 0.15) is 11.5 Å². The molecule has 3 nitrogen and oxygen atoms in total. The summed E-state index contributed by atoms with van der Waals surface area (Å²) in [5, 5.41) is 27.3. The van der Waals surface area contributed by atoms with E-state index in [2.05, 4.69) is 67.7 Å². The summed E-state index contributed by atoms with van der Waals surface area (Å²) in [4.78, 5) is 0. The molecule has 0 radical (unpaired) electrons. The van der Waals surface area contributed by atoms with Gasteiger partial charge < -0.3 is 10.2 Å². The van der Waals surface area contributed by atoms with Gasteiger partial charge in [0.25, 0.3) is 0 Å². The van der Waals surface area contributed by atoms with Crippen LogP contribution in [-0.2, 0) is 0 Å². The predicted molar refractivity (Wildman–Crippen MR) is 116 cm³/mol. The summed E-state index contributed by atoms with van der Waals surface area (Å²) in [5.41, 5.74) is 6.20. The fourth-order valence-corrected chi connectivity index (χ4v) is 4.41. The molecule has 0 fully saturated rings. The lowest BCUT2D eigenvalue weighted by Gasteiger charge is -2.35. The lowest BCUT2D eigenvalue weighted by molar-refractivity contribution is 0.432. The fraction of sp³-hybridized carbons (Fsp3) is 0.154. The number of hydrogen-bond donors (Lipinski definition) is 3. The third-order valence-corrected chi connectivity index (χ3v) is 5.95. The molecule has 0 spiro atoms. The SMILES string of the molecule is Cc1ccc(C2NC(c3ccc(C)cc3)c3c(O)ccc4ccc(O)c2c34)cc1. The third kappa shape index (κ3) is 2.86. The van der Waals surface area contributed by atoms with E-state index in [1.165, 1.54) is 11.1 Å². The molecule has 2 unspecified atom stereocenters. The molecule has 2 atom stereocenters. The van der Waals surface area contributed by atoms with Crippen molar-refractivity contribution in [2.45, 2.75) is 25.9 Å². The minimum atomic E-state index is -0.181. The molecule has 0 saturated carbocycles. The molecule has 3 N–H and O–H groups in total. The van der Waals surface area contributed by atoms with Crippen molar-refractivity contribution < 1.29 is 10.2 Å². The van der Waals surface area contributed by atoms with Crippen LogP contribution in [0.3, 0.4) is 0 Å². The molecule has 4 aromatic rings. The average molecular weight is 381 g/mol. The number of phenolic OH excluding ortho intramolecular Hbond substituents is 2. The van der Waals surface area contributed by atoms with Gasteiger partial charge in [-0.3, -0.25) is 5.32 Å². The normalized spacial score (nSPS) is 18.1. The Morgan fingerprint density at radius 3 is 1.41 bits per heavy atom. The fourth-order valence-electron chi connectivity index (χ4n) is 4.41. The molecule has 1 aliphatic rings. The van der Waals surface area contributed by atoms with Crippen LogP contribution in [0, 0.1) is 13.8 Å². The molecule has 0 saturated heterocycles. The minimum absolute atomic E-state index is 0.181. The van der Waals surface area contributed by atoms with Crippen LogP contribution < -0.4 is 5.32 Å². The Labute approximate surface area is 170 Å². The van der Waals surface area contributed by atoms with E-state index in [9.17, 15) is 10.2 Å². The number of benzene rings is 4. The maximum Gasteiger partial charge on any atom is 0.121 e. The van der Waals surface area contributed by atoms with Gasteiger partial charge in [-0.25, -0.2) is 0 Å². The van der Waals surface area contributed by atoms with E-state index in [4.69, 9.17) is 0 Å². The van der Waals surface area contributed by atoms with Gasteiger partial charge in [0.2, 0.25) is 0 Å². The van der Waals surface area contributed by atoms with Crippen molar-refractivity contribution in [2.75, 3.05) is 0 Å². The van der Waals surface area contributed by atoms with Crippen LogP contribution in [0.4, 0.5) is 0 Å². The molecule has 0 amide bonds. The maximum atomic E-state index is 10.8. The Bertz CT molecular complexity index is 1120. The molecule has 4 aromatic carbocycles. The summed E-state index contributed by atoms with van der Waals surface area (Å²) in [5.74, 6) is 0.481. The Hall–Kier alpha value is -3.30. The number of rotatable bonds is 2. The van der Waals surface area contributed by atoms with Gasteiger partial charge in [-0.15, -0.1) is 0 Å². The Morgan fingerprint density at radius 1 is 0.586 bits per heavy atom. The van der Waals surface area contributed by atoms with Crippen molar-refractivity contribution in [2.24, 2.45) is 0 Å². The molecule has 0 bridgehead atoms. The van der Waals surface area contributed by atoms with E-state index in [0.29, 0.717) is 0 Å². The van der Waals surface area contributed by atoms with Gasteiger partial charge in [0, 0.05) is 11.1 Å². The molecular weight excluding hydrogens is 358 g/mol. The van der Waals surface area contributed by atoms with E-state index in [-0.39, 0.29) is 23.6 Å². The molecule has 144 valence electrons. The van der Waals surface area contributed by atoms with Crippen molar-refractivity contribution >= 4 is 10.8 Å². The Kier molecular flexibility index (Phi) is 4.07. The van der Waals surface area contributed by atoms with Crippen LogP contribution >= 0.6 is 0 Å². The summed E-state index contributed by atoms with van der Waals surface area (Å²) >= 11 is 0. The van der Waals surface area contributed by atoms with Crippen LogP contribution in [0.2, 0.25) is 0 Å². The first-order valence-electron chi connectivity index (χ1n) is 9.89. The van der Waals surface area contributed by atoms with Crippen LogP contribution in [0.5, 0.6) is 11.5 Å². The maximum absolute atomic E-state index is 10.8. The van der Waals surface area contributed by atoms with Gasteiger partial charge in [-0.2, -0.15) is 0 Å². The van der Waals surface area contributed by atoms with Crippen LogP contribution in [0.1, 0.15) is 45.5 Å². The zero-order valence-corrected chi connectivity index (χ0v) is 16.5. The summed E-state index contributed by atoms with van der Waals surface area (Å²) < 4.78 is 0. The van der Waals surface area contributed by atoms with Crippen LogP contribution in [-0.4, -0.2) is 10.2 Å². The van der Waals surface area contributed by atoms with Crippen molar-refractivity contribution in [3.8, 4) is 11.5 Å². The van der Waals surface area contributed by atoms with E-state index < -0.39 is 0 Å². The monoisotopic (exact) mass is 381 g/mol. The van der Waals surface area contributed by atoms with Crippen molar-refractivity contribution in [3.63, 3.8) is 0 Å². The molecule has 1 heterocycles. The van der Waals surface area contributed by atoms with Crippen LogP contribution in [0.15, 0.2) is 72.8 Å². The highest BCUT2D eigenvalue weighted by molar-refractivity contribution is 5.95. The second kappa shape index (κ2) is 6.64. The first kappa shape index (κ1) is 17.8. The smallest absolute Gasteiger partial charge is 0.121 e. The van der Waals surface area contributed by atoms with Crippen LogP contribution in [0.25, 0.3) is 10.8 Å². The largest absolute Gasteiger partial charge is 0.508 e. The Morgan fingerprint density at radius 2 is 1.00 bits per heavy atom. The number of hydrogen-bond acceptors (Lipinski definition) is 3. The van der Waals surface area contributed by atoms with Crippen molar-refractivity contribution in [1.82, 2.24) is 5.32 Å². The lowest BCUT2D eigenvalue weighted by atomic mass is 9.81. The van der Waals surface area contributed by atoms with Gasteiger partial charge in [-0.1, -0.05) is 71.8 Å². The molecule has 3 heteroatoms. The van der Waals surface area contributed by atoms with Gasteiger partial charge >= 0.3 is 0 Å². The number of aromatic hydroxyl groups is 2. The standard InChI is InChI=1S/C26H23NO2/c1-15-3-7-18(8-4-15)25-23-20(28)13-11-17-12-14-21(29)24(22(17)23)26(27-25)19-9-5-16(2)6-10-19/h3-14,25-29H,1-2H3. The van der Waals surface area contributed by atoms with Gasteiger partial charge in [0.15, 0.2) is 0 Å². The van der Waals surface area contributed by atoms with E-state index in [0.717, 1.165) is 33.0 Å². The van der Waals surface area contributed by atoms with Crippen molar-refractivity contribution in [1.29, 1.82) is 0 Å².